The Bertz CT molecular complexity index is 629. The second kappa shape index (κ2) is 4.71. The van der Waals surface area contributed by atoms with Crippen molar-refractivity contribution in [3.63, 3.8) is 0 Å². The maximum absolute atomic E-state index is 11.7. The van der Waals surface area contributed by atoms with Gasteiger partial charge in [0.2, 0.25) is 0 Å². The van der Waals surface area contributed by atoms with E-state index in [2.05, 4.69) is 12.8 Å². The van der Waals surface area contributed by atoms with Crippen molar-refractivity contribution in [3.8, 4) is 12.3 Å². The Morgan fingerprint density at radius 3 is 2.61 bits per heavy atom. The molecule has 0 heterocycles. The number of carbonyl (C=O) groups is 1. The molecule has 4 aliphatic carbocycles. The molecule has 0 bridgehead atoms. The third-order valence-corrected chi connectivity index (χ3v) is 7.83. The van der Waals surface area contributed by atoms with Gasteiger partial charge in [-0.25, -0.2) is 0 Å². The summed E-state index contributed by atoms with van der Waals surface area (Å²) in [6.45, 7) is 2.15. The summed E-state index contributed by atoms with van der Waals surface area (Å²) in [7, 11) is 0. The van der Waals surface area contributed by atoms with Crippen LogP contribution in [0.15, 0.2) is 11.6 Å². The number of ketones is 1. The van der Waals surface area contributed by atoms with E-state index < -0.39 is 11.2 Å². The van der Waals surface area contributed by atoms with Gasteiger partial charge in [-0.3, -0.25) is 4.79 Å². The van der Waals surface area contributed by atoms with Crippen molar-refractivity contribution < 1.29 is 15.0 Å². The van der Waals surface area contributed by atoms with Gasteiger partial charge in [-0.15, -0.1) is 6.42 Å². The third-order valence-electron chi connectivity index (χ3n) is 7.83. The number of hydrogen-bond donors (Lipinski definition) is 2. The molecule has 0 aliphatic heterocycles. The van der Waals surface area contributed by atoms with E-state index in [1.54, 1.807) is 6.08 Å². The summed E-state index contributed by atoms with van der Waals surface area (Å²) < 4.78 is 0. The SMILES string of the molecule is C#C[C@]1(O)CC[C@H]2[C@@H]3CCC4=CC(=O)CC[C@]4(O)[C@H]3CC[C@@]21C. The normalized spacial score (nSPS) is 52.0. The predicted octanol–water partition coefficient (Wildman–Crippen LogP) is 2.61. The molecule has 2 N–H and O–H groups in total. The Balaban J connectivity index is 1.70. The van der Waals surface area contributed by atoms with Crippen molar-refractivity contribution in [2.45, 2.75) is 69.5 Å². The van der Waals surface area contributed by atoms with Gasteiger partial charge in [0.05, 0.1) is 5.60 Å². The Morgan fingerprint density at radius 2 is 1.87 bits per heavy atom. The number of carbonyl (C=O) groups excluding carboxylic acids is 1. The zero-order chi connectivity index (χ0) is 16.5. The summed E-state index contributed by atoms with van der Waals surface area (Å²) in [5, 5.41) is 22.3. The summed E-state index contributed by atoms with van der Waals surface area (Å²) in [6, 6.07) is 0. The quantitative estimate of drug-likeness (QED) is 0.676. The molecule has 0 aromatic carbocycles. The number of rotatable bonds is 0. The van der Waals surface area contributed by atoms with E-state index in [1.165, 1.54) is 0 Å². The first-order chi connectivity index (χ1) is 10.8. The lowest BCUT2D eigenvalue weighted by Gasteiger charge is -2.57. The molecule has 23 heavy (non-hydrogen) atoms. The van der Waals surface area contributed by atoms with Crippen molar-refractivity contribution in [1.82, 2.24) is 0 Å². The molecule has 0 radical (unpaired) electrons. The molecule has 4 aliphatic rings. The van der Waals surface area contributed by atoms with Crippen LogP contribution in [0.4, 0.5) is 0 Å². The molecule has 3 fully saturated rings. The Hall–Kier alpha value is -1.11. The Labute approximate surface area is 138 Å². The largest absolute Gasteiger partial charge is 0.385 e. The van der Waals surface area contributed by atoms with Gasteiger partial charge >= 0.3 is 0 Å². The minimum atomic E-state index is -0.996. The van der Waals surface area contributed by atoms with Gasteiger partial charge in [-0.2, -0.15) is 0 Å². The van der Waals surface area contributed by atoms with Gasteiger partial charge in [-0.05, 0) is 74.3 Å². The average molecular weight is 314 g/mol. The Morgan fingerprint density at radius 1 is 1.13 bits per heavy atom. The molecule has 0 saturated heterocycles. The molecule has 3 saturated carbocycles. The number of hydrogen-bond acceptors (Lipinski definition) is 3. The molecule has 4 rings (SSSR count). The van der Waals surface area contributed by atoms with Gasteiger partial charge in [0.15, 0.2) is 5.78 Å². The summed E-state index contributed by atoms with van der Waals surface area (Å²) >= 11 is 0. The molecular formula is C20H26O3. The van der Waals surface area contributed by atoms with E-state index in [-0.39, 0.29) is 17.1 Å². The minimum Gasteiger partial charge on any atom is -0.385 e. The highest BCUT2D eigenvalue weighted by Crippen LogP contribution is 2.65. The van der Waals surface area contributed by atoms with Crippen LogP contribution in [0.25, 0.3) is 0 Å². The van der Waals surface area contributed by atoms with Crippen molar-refractivity contribution in [3.05, 3.63) is 11.6 Å². The van der Waals surface area contributed by atoms with Gasteiger partial charge < -0.3 is 10.2 Å². The maximum atomic E-state index is 11.7. The van der Waals surface area contributed by atoms with Crippen LogP contribution in [0.3, 0.4) is 0 Å². The van der Waals surface area contributed by atoms with E-state index in [9.17, 15) is 15.0 Å². The molecule has 0 aromatic rings. The van der Waals surface area contributed by atoms with Gasteiger partial charge in [-0.1, -0.05) is 12.8 Å². The van der Waals surface area contributed by atoms with Crippen molar-refractivity contribution >= 4 is 5.78 Å². The summed E-state index contributed by atoms with van der Waals surface area (Å²) in [5.41, 5.74) is -1.06. The van der Waals surface area contributed by atoms with Gasteiger partial charge in [0, 0.05) is 11.8 Å². The first kappa shape index (κ1) is 15.4. The number of aliphatic hydroxyl groups is 2. The highest BCUT2D eigenvalue weighted by molar-refractivity contribution is 5.92. The van der Waals surface area contributed by atoms with E-state index in [0.29, 0.717) is 31.1 Å². The zero-order valence-electron chi connectivity index (χ0n) is 13.8. The molecule has 0 amide bonds. The van der Waals surface area contributed by atoms with Crippen LogP contribution in [0.5, 0.6) is 0 Å². The van der Waals surface area contributed by atoms with Crippen LogP contribution in [0.2, 0.25) is 0 Å². The molecule has 3 nitrogen and oxygen atoms in total. The zero-order valence-corrected chi connectivity index (χ0v) is 13.8. The van der Waals surface area contributed by atoms with E-state index in [0.717, 1.165) is 37.7 Å². The Kier molecular flexibility index (Phi) is 3.16. The second-order valence-electron chi connectivity index (χ2n) is 8.48. The van der Waals surface area contributed by atoms with Crippen molar-refractivity contribution in [2.24, 2.45) is 23.2 Å². The average Bonchev–Trinajstić information content (AvgIpc) is 2.80. The van der Waals surface area contributed by atoms with Crippen LogP contribution in [0.1, 0.15) is 58.3 Å². The molecule has 0 unspecified atom stereocenters. The minimum absolute atomic E-state index is 0.159. The molecule has 124 valence electrons. The lowest BCUT2D eigenvalue weighted by molar-refractivity contribution is -0.136. The van der Waals surface area contributed by atoms with Gasteiger partial charge in [0.25, 0.3) is 0 Å². The fraction of sp³-hybridized carbons (Fsp3) is 0.750. The van der Waals surface area contributed by atoms with Crippen LogP contribution in [-0.2, 0) is 4.79 Å². The van der Waals surface area contributed by atoms with Crippen LogP contribution in [-0.4, -0.2) is 27.2 Å². The highest BCUT2D eigenvalue weighted by atomic mass is 16.3. The molecule has 0 aromatic heterocycles. The molecule has 0 spiro atoms. The summed E-state index contributed by atoms with van der Waals surface area (Å²) in [4.78, 5) is 11.7. The maximum Gasteiger partial charge on any atom is 0.155 e. The van der Waals surface area contributed by atoms with Gasteiger partial charge in [0.1, 0.15) is 5.60 Å². The topological polar surface area (TPSA) is 57.5 Å². The lowest BCUT2D eigenvalue weighted by atomic mass is 9.49. The first-order valence-corrected chi connectivity index (χ1v) is 9.00. The van der Waals surface area contributed by atoms with Crippen molar-refractivity contribution in [1.29, 1.82) is 0 Å². The number of terminal acetylenes is 1. The lowest BCUT2D eigenvalue weighted by Crippen LogP contribution is -2.57. The smallest absolute Gasteiger partial charge is 0.155 e. The fourth-order valence-electron chi connectivity index (χ4n) is 6.44. The number of fused-ring (bicyclic) bond motifs is 5. The van der Waals surface area contributed by atoms with E-state index >= 15 is 0 Å². The predicted molar refractivity (Wildman–Crippen MR) is 87.3 cm³/mol. The summed E-state index contributed by atoms with van der Waals surface area (Å²) in [5.74, 6) is 3.85. The molecule has 6 atom stereocenters. The summed E-state index contributed by atoms with van der Waals surface area (Å²) in [6.07, 6.45) is 13.6. The second-order valence-corrected chi connectivity index (χ2v) is 8.48. The third kappa shape index (κ3) is 1.83. The monoisotopic (exact) mass is 314 g/mol. The molecular weight excluding hydrogens is 288 g/mol. The van der Waals surface area contributed by atoms with E-state index in [4.69, 9.17) is 6.42 Å². The fourth-order valence-corrected chi connectivity index (χ4v) is 6.44. The van der Waals surface area contributed by atoms with Crippen LogP contribution >= 0.6 is 0 Å². The van der Waals surface area contributed by atoms with Crippen LogP contribution in [0, 0.1) is 35.5 Å². The first-order valence-electron chi connectivity index (χ1n) is 9.00. The van der Waals surface area contributed by atoms with Crippen LogP contribution < -0.4 is 0 Å². The van der Waals surface area contributed by atoms with E-state index in [1.807, 2.05) is 0 Å². The molecule has 3 heteroatoms. The van der Waals surface area contributed by atoms with Crippen molar-refractivity contribution in [2.75, 3.05) is 0 Å². The highest BCUT2D eigenvalue weighted by Gasteiger charge is 2.64. The standard InChI is InChI=1S/C20H26O3/c1-3-19(22)10-8-16-15-5-4-13-12-14(21)6-11-20(13,23)17(15)7-9-18(16,19)2/h1,12,15-17,22-23H,4-11H2,2H3/t15-,16-,17-,18-,19-,20+/m0/s1.